The zero-order valence-electron chi connectivity index (χ0n) is 19.1. The highest BCUT2D eigenvalue weighted by molar-refractivity contribution is 5.83. The number of allylic oxidation sites excluding steroid dienone is 1. The lowest BCUT2D eigenvalue weighted by molar-refractivity contribution is -0.152. The molecule has 174 valence electrons. The molecular weight excluding hydrogens is 429 g/mol. The summed E-state index contributed by atoms with van der Waals surface area (Å²) >= 11 is 0. The number of benzene rings is 3. The van der Waals surface area contributed by atoms with Gasteiger partial charge in [-0.15, -0.1) is 0 Å². The number of fused-ring (bicyclic) bond motifs is 1. The summed E-state index contributed by atoms with van der Waals surface area (Å²) in [6, 6.07) is 25.5. The molecule has 3 unspecified atom stereocenters. The van der Waals surface area contributed by atoms with Crippen molar-refractivity contribution in [2.45, 2.75) is 37.8 Å². The van der Waals surface area contributed by atoms with Gasteiger partial charge >= 0.3 is 5.97 Å². The van der Waals surface area contributed by atoms with Gasteiger partial charge in [0.05, 0.1) is 0 Å². The normalized spacial score (nSPS) is 26.4. The molecule has 1 fully saturated rings. The van der Waals surface area contributed by atoms with Crippen molar-refractivity contribution < 1.29 is 19.4 Å². The van der Waals surface area contributed by atoms with Crippen LogP contribution in [0.5, 0.6) is 0 Å². The molecule has 0 spiro atoms. The number of nitrogens with zero attached hydrogens (tertiary/aromatic N) is 1. The van der Waals surface area contributed by atoms with Crippen molar-refractivity contribution in [2.24, 2.45) is 5.41 Å². The molecule has 0 radical (unpaired) electrons. The number of halogens is 1. The number of rotatable bonds is 5. The minimum absolute atomic E-state index is 0.265. The molecule has 0 amide bonds. The Morgan fingerprint density at radius 3 is 2.24 bits per heavy atom. The molecule has 1 heterocycles. The van der Waals surface area contributed by atoms with Crippen molar-refractivity contribution in [2.75, 3.05) is 6.54 Å². The van der Waals surface area contributed by atoms with Crippen molar-refractivity contribution in [3.8, 4) is 0 Å². The number of carbonyl (C=O) groups is 1. The number of carboxylic acids is 1. The summed E-state index contributed by atoms with van der Waals surface area (Å²) in [5, 5.41) is 23.0. The van der Waals surface area contributed by atoms with E-state index in [0.29, 0.717) is 30.5 Å². The summed E-state index contributed by atoms with van der Waals surface area (Å²) in [6.45, 7) is 2.72. The Kier molecular flexibility index (Phi) is 5.53. The lowest BCUT2D eigenvalue weighted by Gasteiger charge is -2.48. The van der Waals surface area contributed by atoms with Crippen molar-refractivity contribution in [1.29, 1.82) is 0 Å². The summed E-state index contributed by atoms with van der Waals surface area (Å²) < 4.78 is 13.7. The molecule has 1 aliphatic heterocycles. The Balaban J connectivity index is 1.70. The van der Waals surface area contributed by atoms with Gasteiger partial charge in [-0.2, -0.15) is 0 Å². The average Bonchev–Trinajstić information content (AvgIpc) is 3.15. The number of aliphatic carboxylic acids is 1. The van der Waals surface area contributed by atoms with E-state index in [0.717, 1.165) is 16.8 Å². The Morgan fingerprint density at radius 2 is 1.62 bits per heavy atom. The lowest BCUT2D eigenvalue weighted by atomic mass is 9.55. The highest BCUT2D eigenvalue weighted by atomic mass is 19.1. The van der Waals surface area contributed by atoms with E-state index in [1.54, 1.807) is 12.1 Å². The monoisotopic (exact) mass is 457 g/mol. The van der Waals surface area contributed by atoms with Gasteiger partial charge in [0, 0.05) is 30.3 Å². The third kappa shape index (κ3) is 3.43. The van der Waals surface area contributed by atoms with Gasteiger partial charge in [0.25, 0.3) is 0 Å². The van der Waals surface area contributed by atoms with E-state index in [4.69, 9.17) is 0 Å². The van der Waals surface area contributed by atoms with Crippen LogP contribution in [-0.4, -0.2) is 27.6 Å². The minimum Gasteiger partial charge on any atom is -0.481 e. The molecule has 34 heavy (non-hydrogen) atoms. The first-order valence-corrected chi connectivity index (χ1v) is 11.6. The fraction of sp³-hybridized carbons (Fsp3) is 0.276. The van der Waals surface area contributed by atoms with E-state index >= 15 is 0 Å². The Bertz CT molecular complexity index is 1230. The van der Waals surface area contributed by atoms with Gasteiger partial charge in [-0.25, -0.2) is 4.39 Å². The van der Waals surface area contributed by atoms with Crippen LogP contribution in [0.25, 0.3) is 0 Å². The van der Waals surface area contributed by atoms with E-state index in [9.17, 15) is 19.4 Å². The molecule has 0 bridgehead atoms. The van der Waals surface area contributed by atoms with Crippen molar-refractivity contribution >= 4 is 5.97 Å². The fourth-order valence-corrected chi connectivity index (χ4v) is 6.11. The number of hydrogen-bond acceptors (Lipinski definition) is 3. The van der Waals surface area contributed by atoms with Crippen molar-refractivity contribution in [3.05, 3.63) is 119 Å². The van der Waals surface area contributed by atoms with Crippen LogP contribution >= 0.6 is 0 Å². The van der Waals surface area contributed by atoms with Gasteiger partial charge in [-0.1, -0.05) is 72.8 Å². The van der Waals surface area contributed by atoms with Gasteiger partial charge in [0.15, 0.2) is 0 Å². The maximum absolute atomic E-state index is 13.7. The summed E-state index contributed by atoms with van der Waals surface area (Å²) in [6.07, 6.45) is 0.860. The van der Waals surface area contributed by atoms with Gasteiger partial charge in [-0.05, 0) is 48.6 Å². The zero-order chi connectivity index (χ0) is 23.9. The van der Waals surface area contributed by atoms with Crippen molar-refractivity contribution in [1.82, 2.24) is 4.90 Å². The van der Waals surface area contributed by atoms with E-state index in [1.807, 2.05) is 67.6 Å². The molecule has 5 rings (SSSR count). The largest absolute Gasteiger partial charge is 0.481 e. The molecule has 0 saturated heterocycles. The first kappa shape index (κ1) is 22.4. The molecule has 2 aliphatic rings. The third-order valence-electron chi connectivity index (χ3n) is 7.65. The van der Waals surface area contributed by atoms with Crippen LogP contribution in [-0.2, 0) is 16.9 Å². The Hall–Kier alpha value is -3.44. The van der Waals surface area contributed by atoms with Crippen LogP contribution in [0.3, 0.4) is 0 Å². The lowest BCUT2D eigenvalue weighted by Crippen LogP contribution is -2.51. The van der Waals surface area contributed by atoms with Crippen LogP contribution in [0, 0.1) is 11.2 Å². The molecule has 5 heteroatoms. The molecule has 0 aromatic heterocycles. The van der Waals surface area contributed by atoms with Crippen LogP contribution in [0.4, 0.5) is 4.39 Å². The van der Waals surface area contributed by atoms with Crippen molar-refractivity contribution in [3.63, 3.8) is 0 Å². The second kappa shape index (κ2) is 8.41. The molecule has 4 nitrogen and oxygen atoms in total. The standard InChI is InChI=1S/C29H28FNO3/c1-20-26-28(27(32)33,19-31(20)18-21-8-4-2-5-9-21)25(22-10-6-3-7-11-22)16-17-29(26,34)23-12-14-24(30)15-13-23/h2-15,25,34H,16-19H2,1H3,(H,32,33). The maximum Gasteiger partial charge on any atom is 0.316 e. The highest BCUT2D eigenvalue weighted by Crippen LogP contribution is 2.62. The van der Waals surface area contributed by atoms with Gasteiger partial charge in [0.1, 0.15) is 16.8 Å². The summed E-state index contributed by atoms with van der Waals surface area (Å²) in [7, 11) is 0. The third-order valence-corrected chi connectivity index (χ3v) is 7.65. The smallest absolute Gasteiger partial charge is 0.316 e. The molecule has 3 aromatic rings. The van der Waals surface area contributed by atoms with Crippen LogP contribution < -0.4 is 0 Å². The molecule has 2 N–H and O–H groups in total. The Labute approximate surface area is 199 Å². The summed E-state index contributed by atoms with van der Waals surface area (Å²) in [5.74, 6) is -1.62. The fourth-order valence-electron chi connectivity index (χ4n) is 6.11. The SMILES string of the molecule is CC1=C2C(O)(c3ccc(F)cc3)CCC(c3ccccc3)C2(C(=O)O)CN1Cc1ccccc1. The first-order valence-electron chi connectivity index (χ1n) is 11.6. The maximum atomic E-state index is 13.7. The molecule has 3 aromatic carbocycles. The number of carboxylic acid groups (broad SMARTS) is 1. The second-order valence-corrected chi connectivity index (χ2v) is 9.45. The first-order chi connectivity index (χ1) is 16.4. The predicted octanol–water partition coefficient (Wildman–Crippen LogP) is 5.45. The van der Waals surface area contributed by atoms with Crippen LogP contribution in [0.1, 0.15) is 42.4 Å². The van der Waals surface area contributed by atoms with E-state index in [2.05, 4.69) is 4.90 Å². The average molecular weight is 458 g/mol. The van der Waals surface area contributed by atoms with E-state index in [1.165, 1.54) is 12.1 Å². The summed E-state index contributed by atoms with van der Waals surface area (Å²) in [4.78, 5) is 15.3. The molecule has 1 saturated carbocycles. The van der Waals surface area contributed by atoms with Gasteiger partial charge in [0.2, 0.25) is 0 Å². The Morgan fingerprint density at radius 1 is 1.00 bits per heavy atom. The second-order valence-electron chi connectivity index (χ2n) is 9.45. The van der Waals surface area contributed by atoms with E-state index in [-0.39, 0.29) is 12.5 Å². The molecule has 3 atom stereocenters. The van der Waals surface area contributed by atoms with E-state index < -0.39 is 22.8 Å². The topological polar surface area (TPSA) is 60.8 Å². The van der Waals surface area contributed by atoms with Gasteiger partial charge < -0.3 is 15.1 Å². The predicted molar refractivity (Wildman–Crippen MR) is 128 cm³/mol. The number of aliphatic hydroxyl groups is 1. The zero-order valence-corrected chi connectivity index (χ0v) is 19.1. The summed E-state index contributed by atoms with van der Waals surface area (Å²) in [5.41, 5.74) is 1.06. The quantitative estimate of drug-likeness (QED) is 0.535. The minimum atomic E-state index is -1.49. The highest BCUT2D eigenvalue weighted by Gasteiger charge is 2.63. The number of hydrogen-bond donors (Lipinski definition) is 2. The van der Waals surface area contributed by atoms with Crippen LogP contribution in [0.15, 0.2) is 96.2 Å². The van der Waals surface area contributed by atoms with Gasteiger partial charge in [-0.3, -0.25) is 4.79 Å². The molecular formula is C29H28FNO3. The van der Waals surface area contributed by atoms with Crippen LogP contribution in [0.2, 0.25) is 0 Å². The molecule has 1 aliphatic carbocycles.